The summed E-state index contributed by atoms with van der Waals surface area (Å²) in [5.74, 6) is 0. The number of aryl methyl sites for hydroxylation is 3. The number of rotatable bonds is 1. The third-order valence-corrected chi connectivity index (χ3v) is 2.37. The van der Waals surface area contributed by atoms with Crippen LogP contribution in [0.2, 0.25) is 0 Å². The number of hydrogen-bond donors (Lipinski definition) is 1. The summed E-state index contributed by atoms with van der Waals surface area (Å²) in [6.45, 7) is 6.64. The summed E-state index contributed by atoms with van der Waals surface area (Å²) in [5, 5.41) is 5.40. The fraction of sp³-hybridized carbons (Fsp3) is 0.364. The van der Waals surface area contributed by atoms with Crippen LogP contribution in [0, 0.1) is 19.3 Å². The van der Waals surface area contributed by atoms with Crippen LogP contribution in [0.15, 0.2) is 6.07 Å². The molecule has 0 spiro atoms. The molecule has 0 unspecified atom stereocenters. The smallest absolute Gasteiger partial charge is 0.222 e. The van der Waals surface area contributed by atoms with Gasteiger partial charge in [-0.1, -0.05) is 13.0 Å². The standard InChI is InChI=1S/C10H12.CHNO/c1-4-8-9-6(2)5-7(3)10(8)9;2-1-3/h5H,4H2,1-3H3;2H. The zero-order valence-corrected chi connectivity index (χ0v) is 8.19. The molecule has 0 aromatic rings. The minimum Gasteiger partial charge on any atom is -0.222 e. The monoisotopic (exact) mass is 175 g/mol. The van der Waals surface area contributed by atoms with Crippen LogP contribution >= 0.6 is 0 Å². The number of fused-ring (bicyclic) bond motifs is 1. The highest BCUT2D eigenvalue weighted by atomic mass is 16.1. The first kappa shape index (κ1) is 9.69. The van der Waals surface area contributed by atoms with E-state index in [1.54, 1.807) is 16.7 Å². The maximum absolute atomic E-state index is 8.35. The molecule has 0 aliphatic heterocycles. The molecule has 2 rings (SSSR count). The first-order chi connectivity index (χ1) is 6.17. The van der Waals surface area contributed by atoms with Crippen molar-refractivity contribution in [1.29, 1.82) is 5.41 Å². The zero-order valence-electron chi connectivity index (χ0n) is 8.19. The number of hydrogen-bond acceptors (Lipinski definition) is 2. The molecule has 2 nitrogen and oxygen atoms in total. The van der Waals surface area contributed by atoms with Gasteiger partial charge in [0.25, 0.3) is 0 Å². The fourth-order valence-electron chi connectivity index (χ4n) is 1.92. The SMILES string of the molecule is CCc1c2c(C)cc(C)c1-2.N=C=O. The molecule has 0 aromatic heterocycles. The van der Waals surface area contributed by atoms with Crippen molar-refractivity contribution in [3.63, 3.8) is 0 Å². The van der Waals surface area contributed by atoms with Gasteiger partial charge in [0.2, 0.25) is 6.08 Å². The Kier molecular flexibility index (Phi) is 2.64. The average Bonchev–Trinajstić information content (AvgIpc) is 2.71. The van der Waals surface area contributed by atoms with Gasteiger partial charge in [0.05, 0.1) is 0 Å². The Bertz CT molecular complexity index is 348. The van der Waals surface area contributed by atoms with E-state index in [0.717, 1.165) is 6.08 Å². The lowest BCUT2D eigenvalue weighted by Gasteiger charge is -1.82. The minimum atomic E-state index is 0.750. The van der Waals surface area contributed by atoms with Crippen LogP contribution in [0.5, 0.6) is 0 Å². The molecule has 13 heavy (non-hydrogen) atoms. The second-order valence-corrected chi connectivity index (χ2v) is 3.19. The third kappa shape index (κ3) is 1.53. The van der Waals surface area contributed by atoms with Crippen molar-refractivity contribution in [1.82, 2.24) is 0 Å². The Balaban J connectivity index is 0.000000251. The molecule has 0 amide bonds. The molecule has 0 fully saturated rings. The summed E-state index contributed by atoms with van der Waals surface area (Å²) in [6.07, 6.45) is 1.97. The van der Waals surface area contributed by atoms with Crippen LogP contribution in [0.3, 0.4) is 0 Å². The van der Waals surface area contributed by atoms with Crippen LogP contribution in [0.25, 0.3) is 11.1 Å². The van der Waals surface area contributed by atoms with E-state index in [1.165, 1.54) is 17.5 Å². The van der Waals surface area contributed by atoms with E-state index in [2.05, 4.69) is 26.8 Å². The fourth-order valence-corrected chi connectivity index (χ4v) is 1.92. The lowest BCUT2D eigenvalue weighted by Crippen LogP contribution is -1.66. The molecule has 0 heterocycles. The second kappa shape index (κ2) is 3.55. The van der Waals surface area contributed by atoms with Crippen LogP contribution in [0.1, 0.15) is 23.6 Å². The molecule has 1 N–H and O–H groups in total. The van der Waals surface area contributed by atoms with Crippen LogP contribution in [0.4, 0.5) is 0 Å². The maximum atomic E-state index is 8.35. The highest BCUT2D eigenvalue weighted by Gasteiger charge is 2.27. The quantitative estimate of drug-likeness (QED) is 0.525. The Morgan fingerprint density at radius 2 is 1.69 bits per heavy atom. The van der Waals surface area contributed by atoms with Gasteiger partial charge in [-0.05, 0) is 48.1 Å². The van der Waals surface area contributed by atoms with E-state index in [4.69, 9.17) is 10.2 Å². The van der Waals surface area contributed by atoms with Crippen molar-refractivity contribution in [2.24, 2.45) is 0 Å². The van der Waals surface area contributed by atoms with Crippen LogP contribution in [-0.4, -0.2) is 6.08 Å². The number of benzene rings is 1. The summed E-state index contributed by atoms with van der Waals surface area (Å²) in [5.41, 5.74) is 7.70. The summed E-state index contributed by atoms with van der Waals surface area (Å²) in [4.78, 5) is 8.35. The van der Waals surface area contributed by atoms with Gasteiger partial charge in [0, 0.05) is 0 Å². The molecular weight excluding hydrogens is 162 g/mol. The van der Waals surface area contributed by atoms with Gasteiger partial charge >= 0.3 is 0 Å². The van der Waals surface area contributed by atoms with Crippen LogP contribution in [-0.2, 0) is 11.2 Å². The van der Waals surface area contributed by atoms with E-state index in [9.17, 15) is 0 Å². The van der Waals surface area contributed by atoms with Crippen molar-refractivity contribution >= 4 is 6.08 Å². The lowest BCUT2D eigenvalue weighted by atomic mass is 10.2. The van der Waals surface area contributed by atoms with Crippen molar-refractivity contribution in [2.45, 2.75) is 27.2 Å². The van der Waals surface area contributed by atoms with Gasteiger partial charge in [-0.15, -0.1) is 0 Å². The molecule has 2 heteroatoms. The highest BCUT2D eigenvalue weighted by Crippen LogP contribution is 2.48. The summed E-state index contributed by atoms with van der Waals surface area (Å²) >= 11 is 0. The van der Waals surface area contributed by atoms with Gasteiger partial charge in [0.1, 0.15) is 0 Å². The van der Waals surface area contributed by atoms with Gasteiger partial charge in [-0.3, -0.25) is 0 Å². The van der Waals surface area contributed by atoms with E-state index in [0.29, 0.717) is 0 Å². The van der Waals surface area contributed by atoms with Crippen molar-refractivity contribution in [3.05, 3.63) is 22.8 Å². The first-order valence-corrected chi connectivity index (χ1v) is 4.34. The third-order valence-electron chi connectivity index (χ3n) is 2.37. The summed E-state index contributed by atoms with van der Waals surface area (Å²) in [6, 6.07) is 2.28. The summed E-state index contributed by atoms with van der Waals surface area (Å²) in [7, 11) is 0. The maximum Gasteiger partial charge on any atom is 0.231 e. The Morgan fingerprint density at radius 3 is 1.92 bits per heavy atom. The molecule has 0 saturated heterocycles. The molecule has 2 aliphatic carbocycles. The number of carbonyl (C=O) groups excluding carboxylic acids is 1. The minimum absolute atomic E-state index is 0.750. The summed E-state index contributed by atoms with van der Waals surface area (Å²) < 4.78 is 0. The van der Waals surface area contributed by atoms with E-state index < -0.39 is 0 Å². The lowest BCUT2D eigenvalue weighted by molar-refractivity contribution is 0.563. The van der Waals surface area contributed by atoms with Crippen molar-refractivity contribution in [3.8, 4) is 11.1 Å². The number of isocyanates is 1. The van der Waals surface area contributed by atoms with E-state index in [-0.39, 0.29) is 0 Å². The zero-order chi connectivity index (χ0) is 10.0. The molecule has 0 radical (unpaired) electrons. The first-order valence-electron chi connectivity index (χ1n) is 4.34. The van der Waals surface area contributed by atoms with Crippen LogP contribution < -0.4 is 0 Å². The van der Waals surface area contributed by atoms with Crippen molar-refractivity contribution < 1.29 is 4.79 Å². The Morgan fingerprint density at radius 1 is 1.31 bits per heavy atom. The normalized spacial score (nSPS) is 9.77. The van der Waals surface area contributed by atoms with Gasteiger partial charge in [-0.2, -0.15) is 0 Å². The molecule has 0 atom stereocenters. The van der Waals surface area contributed by atoms with Gasteiger partial charge in [0.15, 0.2) is 0 Å². The van der Waals surface area contributed by atoms with Gasteiger partial charge in [-0.25, -0.2) is 10.2 Å². The molecule has 0 bridgehead atoms. The molecule has 68 valence electrons. The second-order valence-electron chi connectivity index (χ2n) is 3.19. The predicted molar refractivity (Wildman–Crippen MR) is 52.7 cm³/mol. The van der Waals surface area contributed by atoms with E-state index in [1.807, 2.05) is 0 Å². The Labute approximate surface area is 78.1 Å². The predicted octanol–water partition coefficient (Wildman–Crippen LogP) is 2.75. The van der Waals surface area contributed by atoms with Gasteiger partial charge < -0.3 is 0 Å². The molecule has 0 saturated carbocycles. The highest BCUT2D eigenvalue weighted by molar-refractivity contribution is 5.95. The average molecular weight is 175 g/mol. The van der Waals surface area contributed by atoms with E-state index >= 15 is 0 Å². The van der Waals surface area contributed by atoms with Crippen molar-refractivity contribution in [2.75, 3.05) is 0 Å². The molecule has 0 aromatic carbocycles. The topological polar surface area (TPSA) is 40.9 Å². The molecule has 2 aliphatic rings. The number of nitrogens with one attached hydrogen (secondary N) is 1. The molecular formula is C11H13NO. The Hall–Kier alpha value is -1.40. The largest absolute Gasteiger partial charge is 0.231 e.